The Morgan fingerprint density at radius 2 is 1.37 bits per heavy atom. The van der Waals surface area contributed by atoms with E-state index in [1.54, 1.807) is 12.1 Å². The summed E-state index contributed by atoms with van der Waals surface area (Å²) in [4.78, 5) is 29.9. The Balaban J connectivity index is 1.33. The van der Waals surface area contributed by atoms with Gasteiger partial charge in [-0.05, 0) is 81.5 Å². The lowest BCUT2D eigenvalue weighted by molar-refractivity contribution is 0.0746. The molecule has 10 heteroatoms. The number of nitrogens with one attached hydrogen (secondary N) is 2. The smallest absolute Gasteiger partial charge is 0.257 e. The van der Waals surface area contributed by atoms with Gasteiger partial charge in [0.1, 0.15) is 0 Å². The van der Waals surface area contributed by atoms with Crippen LogP contribution in [-0.4, -0.2) is 67.8 Å². The van der Waals surface area contributed by atoms with Gasteiger partial charge < -0.3 is 29.3 Å². The van der Waals surface area contributed by atoms with Gasteiger partial charge >= 0.3 is 0 Å². The van der Waals surface area contributed by atoms with Crippen LogP contribution in [0.2, 0.25) is 0 Å². The Bertz CT molecular complexity index is 1320. The van der Waals surface area contributed by atoms with Gasteiger partial charge in [0.05, 0.1) is 19.8 Å². The summed E-state index contributed by atoms with van der Waals surface area (Å²) in [6.07, 6.45) is 0. The third-order valence-electron chi connectivity index (χ3n) is 6.48. The molecule has 2 N–H and O–H groups in total. The van der Waals surface area contributed by atoms with Crippen LogP contribution in [0.1, 0.15) is 41.5 Å². The first kappa shape index (κ1) is 29.7. The summed E-state index contributed by atoms with van der Waals surface area (Å²) in [5.41, 5.74) is 2.85. The van der Waals surface area contributed by atoms with E-state index in [4.69, 9.17) is 26.4 Å². The second-order valence-electron chi connectivity index (χ2n) is 9.20. The molecule has 3 aromatic carbocycles. The standard InChI is InChI=1S/C31H36N4O5S/c1-4-38-26-20-23(21-27(39-5-2)28(26)40-6-3)29(36)33-31(41)32-24-12-14-25(15-13-24)34-16-18-35(19-17-34)30(37)22-10-8-7-9-11-22/h7-15,20-21H,4-6,16-19H2,1-3H3,(H2,32,33,36,41). The lowest BCUT2D eigenvalue weighted by Crippen LogP contribution is -2.48. The highest BCUT2D eigenvalue weighted by atomic mass is 32.1. The van der Waals surface area contributed by atoms with Crippen molar-refractivity contribution in [3.63, 3.8) is 0 Å². The fraction of sp³-hybridized carbons (Fsp3) is 0.323. The van der Waals surface area contributed by atoms with E-state index >= 15 is 0 Å². The van der Waals surface area contributed by atoms with Crippen molar-refractivity contribution in [2.45, 2.75) is 20.8 Å². The quantitative estimate of drug-likeness (QED) is 0.327. The number of nitrogens with zero attached hydrogens (tertiary/aromatic N) is 2. The summed E-state index contributed by atoms with van der Waals surface area (Å²) in [6, 6.07) is 20.4. The zero-order chi connectivity index (χ0) is 29.2. The first-order valence-corrected chi connectivity index (χ1v) is 14.2. The highest BCUT2D eigenvalue weighted by molar-refractivity contribution is 7.80. The molecule has 0 bridgehead atoms. The molecule has 0 radical (unpaired) electrons. The number of piperazine rings is 1. The van der Waals surface area contributed by atoms with Crippen LogP contribution in [0.4, 0.5) is 11.4 Å². The minimum atomic E-state index is -0.396. The SMILES string of the molecule is CCOc1cc(C(=O)NC(=S)Nc2ccc(N3CCN(C(=O)c4ccccc4)CC3)cc2)cc(OCC)c1OCC. The summed E-state index contributed by atoms with van der Waals surface area (Å²) in [5, 5.41) is 5.96. The van der Waals surface area contributed by atoms with Crippen molar-refractivity contribution in [1.82, 2.24) is 10.2 Å². The molecule has 1 saturated heterocycles. The Kier molecular flexibility index (Phi) is 10.4. The zero-order valence-electron chi connectivity index (χ0n) is 23.6. The predicted octanol–water partition coefficient (Wildman–Crippen LogP) is 4.97. The summed E-state index contributed by atoms with van der Waals surface area (Å²) in [7, 11) is 0. The van der Waals surface area contributed by atoms with Gasteiger partial charge in [-0.1, -0.05) is 18.2 Å². The van der Waals surface area contributed by atoms with Gasteiger partial charge in [0.25, 0.3) is 11.8 Å². The molecule has 216 valence electrons. The molecule has 41 heavy (non-hydrogen) atoms. The highest BCUT2D eigenvalue weighted by Crippen LogP contribution is 2.39. The number of hydrogen-bond acceptors (Lipinski definition) is 7. The Labute approximate surface area is 246 Å². The van der Waals surface area contributed by atoms with Crippen molar-refractivity contribution >= 4 is 40.5 Å². The van der Waals surface area contributed by atoms with Crippen LogP contribution in [0.15, 0.2) is 66.7 Å². The Morgan fingerprint density at radius 1 is 0.780 bits per heavy atom. The van der Waals surface area contributed by atoms with Gasteiger partial charge in [0.15, 0.2) is 16.6 Å². The fourth-order valence-corrected chi connectivity index (χ4v) is 4.75. The molecule has 9 nitrogen and oxygen atoms in total. The summed E-state index contributed by atoms with van der Waals surface area (Å²) >= 11 is 5.41. The van der Waals surface area contributed by atoms with Crippen molar-refractivity contribution in [3.05, 3.63) is 77.9 Å². The molecular formula is C31H36N4O5S. The average molecular weight is 577 g/mol. The second kappa shape index (κ2) is 14.4. The molecule has 3 aromatic rings. The highest BCUT2D eigenvalue weighted by Gasteiger charge is 2.22. The molecular weight excluding hydrogens is 540 g/mol. The van der Waals surface area contributed by atoms with Crippen LogP contribution >= 0.6 is 12.2 Å². The predicted molar refractivity (Wildman–Crippen MR) is 165 cm³/mol. The molecule has 4 rings (SSSR count). The van der Waals surface area contributed by atoms with Gasteiger partial charge in [-0.25, -0.2) is 0 Å². The van der Waals surface area contributed by atoms with Crippen LogP contribution in [-0.2, 0) is 0 Å². The van der Waals surface area contributed by atoms with Crippen LogP contribution in [0.5, 0.6) is 17.2 Å². The number of anilines is 2. The molecule has 0 atom stereocenters. The third kappa shape index (κ3) is 7.67. The van der Waals surface area contributed by atoms with Crippen LogP contribution in [0.3, 0.4) is 0 Å². The number of benzene rings is 3. The van der Waals surface area contributed by atoms with E-state index in [1.165, 1.54) is 0 Å². The number of hydrogen-bond donors (Lipinski definition) is 2. The van der Waals surface area contributed by atoms with E-state index in [9.17, 15) is 9.59 Å². The number of ether oxygens (including phenoxy) is 3. The van der Waals surface area contributed by atoms with Crippen LogP contribution in [0.25, 0.3) is 0 Å². The normalized spacial score (nSPS) is 12.9. The maximum Gasteiger partial charge on any atom is 0.257 e. The number of carbonyl (C=O) groups excluding carboxylic acids is 2. The fourth-order valence-electron chi connectivity index (χ4n) is 4.54. The van der Waals surface area contributed by atoms with Gasteiger partial charge in [0.2, 0.25) is 5.75 Å². The first-order chi connectivity index (χ1) is 19.9. The lowest BCUT2D eigenvalue weighted by Gasteiger charge is -2.36. The number of carbonyl (C=O) groups is 2. The van der Waals surface area contributed by atoms with E-state index in [-0.39, 0.29) is 11.0 Å². The molecule has 0 aliphatic carbocycles. The molecule has 0 aromatic heterocycles. The third-order valence-corrected chi connectivity index (χ3v) is 6.68. The largest absolute Gasteiger partial charge is 0.490 e. The number of rotatable bonds is 10. The second-order valence-corrected chi connectivity index (χ2v) is 9.61. The average Bonchev–Trinajstić information content (AvgIpc) is 2.99. The maximum absolute atomic E-state index is 13.0. The lowest BCUT2D eigenvalue weighted by atomic mass is 10.1. The van der Waals surface area contributed by atoms with Crippen molar-refractivity contribution in [3.8, 4) is 17.2 Å². The van der Waals surface area contributed by atoms with Crippen LogP contribution in [0, 0.1) is 0 Å². The van der Waals surface area contributed by atoms with Crippen molar-refractivity contribution in [2.75, 3.05) is 56.2 Å². The van der Waals surface area contributed by atoms with Crippen molar-refractivity contribution < 1.29 is 23.8 Å². The van der Waals surface area contributed by atoms with Gasteiger partial charge in [0, 0.05) is 48.7 Å². The van der Waals surface area contributed by atoms with Crippen molar-refractivity contribution in [1.29, 1.82) is 0 Å². The minimum absolute atomic E-state index is 0.0637. The minimum Gasteiger partial charge on any atom is -0.490 e. The molecule has 0 unspecified atom stereocenters. The molecule has 1 fully saturated rings. The summed E-state index contributed by atoms with van der Waals surface area (Å²) in [5.74, 6) is 1.01. The van der Waals surface area contributed by atoms with Crippen LogP contribution < -0.4 is 29.7 Å². The summed E-state index contributed by atoms with van der Waals surface area (Å²) < 4.78 is 17.1. The monoisotopic (exact) mass is 576 g/mol. The van der Waals surface area contributed by atoms with E-state index in [0.717, 1.165) is 24.5 Å². The van der Waals surface area contributed by atoms with Gasteiger partial charge in [-0.2, -0.15) is 0 Å². The first-order valence-electron chi connectivity index (χ1n) is 13.8. The Hall–Kier alpha value is -4.31. The molecule has 2 amide bonds. The number of thiocarbonyl (C=S) groups is 1. The Morgan fingerprint density at radius 3 is 1.93 bits per heavy atom. The van der Waals surface area contributed by atoms with E-state index in [2.05, 4.69) is 15.5 Å². The van der Waals surface area contributed by atoms with Gasteiger partial charge in [-0.15, -0.1) is 0 Å². The van der Waals surface area contributed by atoms with E-state index in [1.807, 2.05) is 80.3 Å². The van der Waals surface area contributed by atoms with Crippen molar-refractivity contribution in [2.24, 2.45) is 0 Å². The topological polar surface area (TPSA) is 92.4 Å². The molecule has 0 saturated carbocycles. The molecule has 1 aliphatic heterocycles. The van der Waals surface area contributed by atoms with E-state index < -0.39 is 5.91 Å². The maximum atomic E-state index is 13.0. The molecule has 0 spiro atoms. The summed E-state index contributed by atoms with van der Waals surface area (Å²) in [6.45, 7) is 9.66. The van der Waals surface area contributed by atoms with Gasteiger partial charge in [-0.3, -0.25) is 14.9 Å². The number of amides is 2. The molecule has 1 heterocycles. The van der Waals surface area contributed by atoms with E-state index in [0.29, 0.717) is 61.3 Å². The zero-order valence-corrected chi connectivity index (χ0v) is 24.5. The molecule has 1 aliphatic rings.